The number of fused-ring (bicyclic) bond motifs is 2. The molecule has 1 fully saturated rings. The Balaban J connectivity index is 1.57. The first kappa shape index (κ1) is 18.7. The van der Waals surface area contributed by atoms with Crippen LogP contribution in [0.3, 0.4) is 0 Å². The number of rotatable bonds is 4. The normalized spacial score (nSPS) is 20.0. The number of aryl methyl sites for hydroxylation is 1. The lowest BCUT2D eigenvalue weighted by Gasteiger charge is -2.12. The van der Waals surface area contributed by atoms with Crippen LogP contribution in [-0.4, -0.2) is 43.5 Å². The molecule has 28 heavy (non-hydrogen) atoms. The van der Waals surface area contributed by atoms with E-state index in [1.165, 1.54) is 30.5 Å². The van der Waals surface area contributed by atoms with Crippen LogP contribution < -0.4 is 10.6 Å². The Kier molecular flexibility index (Phi) is 4.72. The Labute approximate surface area is 162 Å². The molecule has 0 spiro atoms. The van der Waals surface area contributed by atoms with Crippen LogP contribution in [-0.2, 0) is 14.8 Å². The maximum absolute atomic E-state index is 12.9. The zero-order valence-electron chi connectivity index (χ0n) is 15.4. The van der Waals surface area contributed by atoms with Gasteiger partial charge in [-0.25, -0.2) is 12.4 Å². The average molecular weight is 403 g/mol. The first-order chi connectivity index (χ1) is 13.4. The molecule has 0 aliphatic carbocycles. The third kappa shape index (κ3) is 3.31. The molecule has 9 heteroatoms. The summed E-state index contributed by atoms with van der Waals surface area (Å²) in [5.41, 5.74) is 1.08. The predicted octanol–water partition coefficient (Wildman–Crippen LogP) is 1.90. The lowest BCUT2D eigenvalue weighted by atomic mass is 10.1. The summed E-state index contributed by atoms with van der Waals surface area (Å²) in [6.07, 6.45) is 4.36. The maximum Gasteiger partial charge on any atom is 0.273 e. The number of amides is 2. The number of nitrogens with zero attached hydrogens (tertiary/aromatic N) is 1. The maximum atomic E-state index is 12.9. The van der Waals surface area contributed by atoms with Gasteiger partial charge in [0.25, 0.3) is 21.8 Å². The van der Waals surface area contributed by atoms with Crippen LogP contribution in [0.25, 0.3) is 0 Å². The standard InChI is InChI=1S/C19H21N3O5S/c1-12-9-16-19(24)21-15-10-13(4-5-17(15)28(25,26)22(16)11-12)18(23)20-7-6-14-3-2-8-27-14/h4-5,9-11,14H,2-3,6-8H2,1H3,(H,20,23)(H,21,24). The quantitative estimate of drug-likeness (QED) is 0.811. The van der Waals surface area contributed by atoms with Gasteiger partial charge in [-0.2, -0.15) is 0 Å². The topological polar surface area (TPSA) is 106 Å². The molecular formula is C19H21N3O5S. The Morgan fingerprint density at radius 1 is 1.36 bits per heavy atom. The van der Waals surface area contributed by atoms with Crippen LogP contribution in [0.1, 0.15) is 45.7 Å². The molecule has 1 atom stereocenters. The number of carbonyl (C=O) groups excluding carboxylic acids is 2. The molecule has 148 valence electrons. The predicted molar refractivity (Wildman–Crippen MR) is 102 cm³/mol. The number of anilines is 1. The molecule has 8 nitrogen and oxygen atoms in total. The van der Waals surface area contributed by atoms with Gasteiger partial charge < -0.3 is 15.4 Å². The van der Waals surface area contributed by atoms with Crippen molar-refractivity contribution in [3.8, 4) is 0 Å². The Bertz CT molecular complexity index is 1050. The lowest BCUT2D eigenvalue weighted by Crippen LogP contribution is -2.27. The molecule has 2 N–H and O–H groups in total. The van der Waals surface area contributed by atoms with E-state index in [4.69, 9.17) is 4.74 Å². The molecule has 2 aromatic rings. The molecule has 1 unspecified atom stereocenters. The largest absolute Gasteiger partial charge is 0.378 e. The van der Waals surface area contributed by atoms with Gasteiger partial charge in [-0.15, -0.1) is 0 Å². The molecule has 4 rings (SSSR count). The number of aromatic nitrogens is 1. The van der Waals surface area contributed by atoms with Crippen LogP contribution in [0.5, 0.6) is 0 Å². The van der Waals surface area contributed by atoms with Gasteiger partial charge in [0.2, 0.25) is 0 Å². The molecule has 1 aromatic carbocycles. The summed E-state index contributed by atoms with van der Waals surface area (Å²) >= 11 is 0. The van der Waals surface area contributed by atoms with Gasteiger partial charge in [-0.3, -0.25) is 9.59 Å². The van der Waals surface area contributed by atoms with Crippen LogP contribution in [0.15, 0.2) is 35.4 Å². The fraction of sp³-hybridized carbons (Fsp3) is 0.368. The summed E-state index contributed by atoms with van der Waals surface area (Å²) in [7, 11) is -3.94. The summed E-state index contributed by atoms with van der Waals surface area (Å²) < 4.78 is 32.4. The van der Waals surface area contributed by atoms with E-state index < -0.39 is 15.9 Å². The first-order valence-electron chi connectivity index (χ1n) is 9.16. The number of ether oxygens (including phenoxy) is 1. The van der Waals surface area contributed by atoms with Gasteiger partial charge in [0.1, 0.15) is 10.6 Å². The molecule has 2 aliphatic rings. The lowest BCUT2D eigenvalue weighted by molar-refractivity contribution is 0.0906. The average Bonchev–Trinajstić information content (AvgIpc) is 3.29. The summed E-state index contributed by atoms with van der Waals surface area (Å²) in [6, 6.07) is 5.71. The smallest absolute Gasteiger partial charge is 0.273 e. The van der Waals surface area contributed by atoms with Crippen molar-refractivity contribution in [2.24, 2.45) is 0 Å². The van der Waals surface area contributed by atoms with E-state index in [2.05, 4.69) is 10.6 Å². The van der Waals surface area contributed by atoms with E-state index in [-0.39, 0.29) is 33.9 Å². The number of carbonyl (C=O) groups is 2. The summed E-state index contributed by atoms with van der Waals surface area (Å²) in [4.78, 5) is 24.8. The van der Waals surface area contributed by atoms with Crippen molar-refractivity contribution in [3.05, 3.63) is 47.3 Å². The van der Waals surface area contributed by atoms with Crippen molar-refractivity contribution in [2.75, 3.05) is 18.5 Å². The molecular weight excluding hydrogens is 382 g/mol. The van der Waals surface area contributed by atoms with E-state index in [9.17, 15) is 18.0 Å². The van der Waals surface area contributed by atoms with Crippen molar-refractivity contribution < 1.29 is 22.7 Å². The molecule has 0 saturated carbocycles. The second-order valence-corrected chi connectivity index (χ2v) is 8.83. The van der Waals surface area contributed by atoms with Crippen molar-refractivity contribution in [1.29, 1.82) is 0 Å². The summed E-state index contributed by atoms with van der Waals surface area (Å²) in [6.45, 7) is 2.95. The van der Waals surface area contributed by atoms with E-state index >= 15 is 0 Å². The SMILES string of the molecule is Cc1cc2n(c1)S(=O)(=O)c1ccc(C(=O)NCCC3CCCO3)cc1NC2=O. The minimum absolute atomic E-state index is 0.0382. The van der Waals surface area contributed by atoms with E-state index in [0.29, 0.717) is 12.1 Å². The van der Waals surface area contributed by atoms with Crippen molar-refractivity contribution in [3.63, 3.8) is 0 Å². The van der Waals surface area contributed by atoms with Crippen molar-refractivity contribution in [2.45, 2.75) is 37.2 Å². The minimum atomic E-state index is -3.94. The highest BCUT2D eigenvalue weighted by Gasteiger charge is 2.31. The molecule has 2 amide bonds. The second-order valence-electron chi connectivity index (χ2n) is 7.05. The van der Waals surface area contributed by atoms with Gasteiger partial charge in [0.15, 0.2) is 0 Å². The molecule has 0 radical (unpaired) electrons. The van der Waals surface area contributed by atoms with Crippen molar-refractivity contribution >= 4 is 27.5 Å². The highest BCUT2D eigenvalue weighted by Crippen LogP contribution is 2.30. The van der Waals surface area contributed by atoms with Crippen molar-refractivity contribution in [1.82, 2.24) is 9.29 Å². The number of hydrogen-bond acceptors (Lipinski definition) is 5. The van der Waals surface area contributed by atoms with Crippen LogP contribution in [0, 0.1) is 6.92 Å². The molecule has 1 aromatic heterocycles. The van der Waals surface area contributed by atoms with Gasteiger partial charge in [0.05, 0.1) is 11.8 Å². The van der Waals surface area contributed by atoms with E-state index in [1.807, 2.05) is 0 Å². The number of nitrogens with one attached hydrogen (secondary N) is 2. The molecule has 2 aliphatic heterocycles. The van der Waals surface area contributed by atoms with Gasteiger partial charge in [0, 0.05) is 24.9 Å². The molecule has 0 bridgehead atoms. The Morgan fingerprint density at radius 3 is 2.93 bits per heavy atom. The molecule has 1 saturated heterocycles. The zero-order chi connectivity index (χ0) is 19.9. The minimum Gasteiger partial charge on any atom is -0.378 e. The highest BCUT2D eigenvalue weighted by atomic mass is 32.2. The summed E-state index contributed by atoms with van der Waals surface area (Å²) in [5.74, 6) is -0.862. The van der Waals surface area contributed by atoms with Gasteiger partial charge in [-0.05, 0) is 56.0 Å². The number of benzene rings is 1. The first-order valence-corrected chi connectivity index (χ1v) is 10.6. The van der Waals surface area contributed by atoms with Crippen LogP contribution in [0.4, 0.5) is 5.69 Å². The molecule has 3 heterocycles. The van der Waals surface area contributed by atoms with Gasteiger partial charge >= 0.3 is 0 Å². The van der Waals surface area contributed by atoms with E-state index in [0.717, 1.165) is 29.8 Å². The second kappa shape index (κ2) is 7.06. The van der Waals surface area contributed by atoms with E-state index in [1.54, 1.807) is 6.92 Å². The Morgan fingerprint density at radius 2 is 2.18 bits per heavy atom. The fourth-order valence-corrected chi connectivity index (χ4v) is 5.08. The van der Waals surface area contributed by atoms with Crippen LogP contribution in [0.2, 0.25) is 0 Å². The Hall–Kier alpha value is -2.65. The zero-order valence-corrected chi connectivity index (χ0v) is 16.2. The van der Waals surface area contributed by atoms with Gasteiger partial charge in [-0.1, -0.05) is 0 Å². The van der Waals surface area contributed by atoms with Crippen LogP contribution >= 0.6 is 0 Å². The monoisotopic (exact) mass is 403 g/mol. The number of hydrogen-bond donors (Lipinski definition) is 2. The third-order valence-corrected chi connectivity index (χ3v) is 6.69. The summed E-state index contributed by atoms with van der Waals surface area (Å²) in [5, 5.41) is 5.42. The third-order valence-electron chi connectivity index (χ3n) is 4.96. The fourth-order valence-electron chi connectivity index (χ4n) is 3.54. The highest BCUT2D eigenvalue weighted by molar-refractivity contribution is 7.90.